The van der Waals surface area contributed by atoms with Crippen LogP contribution in [0, 0.1) is 5.82 Å². The highest BCUT2D eigenvalue weighted by Crippen LogP contribution is 2.30. The second-order valence-corrected chi connectivity index (χ2v) is 5.74. The molecule has 20 heavy (non-hydrogen) atoms. The topological polar surface area (TPSA) is 12.0 Å². The van der Waals surface area contributed by atoms with Crippen LogP contribution in [-0.2, 0) is 6.42 Å². The van der Waals surface area contributed by atoms with E-state index in [1.807, 2.05) is 25.4 Å². The van der Waals surface area contributed by atoms with Crippen LogP contribution in [-0.4, -0.2) is 13.3 Å². The standard InChI is InChI=1S/C16H17ClFNS/c1-19-15(11-6-3-4-9-16(11)20-2)10-12-13(17)7-5-8-14(12)18/h3-9,15,19H,10H2,1-2H3. The molecule has 0 fully saturated rings. The van der Waals surface area contributed by atoms with Crippen LogP contribution >= 0.6 is 23.4 Å². The molecule has 0 aliphatic rings. The second-order valence-electron chi connectivity index (χ2n) is 4.49. The van der Waals surface area contributed by atoms with E-state index in [0.29, 0.717) is 17.0 Å². The first kappa shape index (κ1) is 15.4. The van der Waals surface area contributed by atoms with Gasteiger partial charge in [0.25, 0.3) is 0 Å². The van der Waals surface area contributed by atoms with Crippen molar-refractivity contribution in [2.75, 3.05) is 13.3 Å². The molecule has 0 spiro atoms. The lowest BCUT2D eigenvalue weighted by Gasteiger charge is -2.20. The van der Waals surface area contributed by atoms with E-state index >= 15 is 0 Å². The maximum Gasteiger partial charge on any atom is 0.127 e. The van der Waals surface area contributed by atoms with Gasteiger partial charge in [0.05, 0.1) is 0 Å². The fourth-order valence-electron chi connectivity index (χ4n) is 2.25. The van der Waals surface area contributed by atoms with Crippen LogP contribution in [0.2, 0.25) is 5.02 Å². The zero-order chi connectivity index (χ0) is 14.5. The fraction of sp³-hybridized carbons (Fsp3) is 0.250. The summed E-state index contributed by atoms with van der Waals surface area (Å²) in [6.45, 7) is 0. The second kappa shape index (κ2) is 7.11. The van der Waals surface area contributed by atoms with E-state index in [4.69, 9.17) is 11.6 Å². The average molecular weight is 310 g/mol. The van der Waals surface area contributed by atoms with Crippen LogP contribution in [0.25, 0.3) is 0 Å². The third-order valence-corrected chi connectivity index (χ3v) is 4.50. The molecule has 106 valence electrons. The molecule has 2 aromatic carbocycles. The number of halogens is 2. The van der Waals surface area contributed by atoms with Gasteiger partial charge in [0, 0.05) is 21.5 Å². The molecule has 0 saturated heterocycles. The number of hydrogen-bond acceptors (Lipinski definition) is 2. The van der Waals surface area contributed by atoms with Crippen molar-refractivity contribution in [3.05, 3.63) is 64.4 Å². The van der Waals surface area contributed by atoms with E-state index in [1.54, 1.807) is 23.9 Å². The summed E-state index contributed by atoms with van der Waals surface area (Å²) in [5.41, 5.74) is 1.73. The lowest BCUT2D eigenvalue weighted by molar-refractivity contribution is 0.549. The maximum atomic E-state index is 13.9. The molecule has 0 bridgehead atoms. The summed E-state index contributed by atoms with van der Waals surface area (Å²) >= 11 is 7.81. The Balaban J connectivity index is 2.34. The number of benzene rings is 2. The highest BCUT2D eigenvalue weighted by Gasteiger charge is 2.17. The Hall–Kier alpha value is -1.03. The molecule has 0 aliphatic carbocycles. The Labute approximate surface area is 128 Å². The quantitative estimate of drug-likeness (QED) is 0.803. The third-order valence-electron chi connectivity index (χ3n) is 3.33. The smallest absolute Gasteiger partial charge is 0.127 e. The Kier molecular flexibility index (Phi) is 5.46. The van der Waals surface area contributed by atoms with Gasteiger partial charge in [0.1, 0.15) is 5.82 Å². The zero-order valence-electron chi connectivity index (χ0n) is 11.5. The number of thioether (sulfide) groups is 1. The lowest BCUT2D eigenvalue weighted by atomic mass is 9.98. The van der Waals surface area contributed by atoms with Crippen LogP contribution in [0.5, 0.6) is 0 Å². The molecule has 4 heteroatoms. The minimum Gasteiger partial charge on any atom is -0.313 e. The number of rotatable bonds is 5. The molecule has 1 unspecified atom stereocenters. The highest BCUT2D eigenvalue weighted by molar-refractivity contribution is 7.98. The molecule has 2 rings (SSSR count). The molecule has 0 heterocycles. The first-order valence-corrected chi connectivity index (χ1v) is 8.00. The van der Waals surface area contributed by atoms with Crippen LogP contribution < -0.4 is 5.32 Å². The van der Waals surface area contributed by atoms with Gasteiger partial charge >= 0.3 is 0 Å². The average Bonchev–Trinajstić information content (AvgIpc) is 2.47. The van der Waals surface area contributed by atoms with Crippen LogP contribution in [0.1, 0.15) is 17.2 Å². The van der Waals surface area contributed by atoms with Gasteiger partial charge in [-0.3, -0.25) is 0 Å². The van der Waals surface area contributed by atoms with Gasteiger partial charge in [-0.25, -0.2) is 4.39 Å². The molecule has 0 saturated carbocycles. The number of hydrogen-bond donors (Lipinski definition) is 1. The Morgan fingerprint density at radius 1 is 1.20 bits per heavy atom. The first-order chi connectivity index (χ1) is 9.67. The predicted octanol–water partition coefficient (Wildman–Crippen LogP) is 4.70. The zero-order valence-corrected chi connectivity index (χ0v) is 13.1. The van der Waals surface area contributed by atoms with Crippen molar-refractivity contribution in [1.82, 2.24) is 5.32 Å². The number of likely N-dealkylation sites (N-methyl/N-ethyl adjacent to an activating group) is 1. The van der Waals surface area contributed by atoms with Crippen molar-refractivity contribution in [2.24, 2.45) is 0 Å². The summed E-state index contributed by atoms with van der Waals surface area (Å²) in [6.07, 6.45) is 2.57. The molecule has 0 aromatic heterocycles. The molecule has 0 radical (unpaired) electrons. The van der Waals surface area contributed by atoms with Gasteiger partial charge in [0.2, 0.25) is 0 Å². The van der Waals surface area contributed by atoms with Gasteiger partial charge in [-0.1, -0.05) is 35.9 Å². The summed E-state index contributed by atoms with van der Waals surface area (Å²) in [5, 5.41) is 3.74. The van der Waals surface area contributed by atoms with Gasteiger partial charge in [-0.05, 0) is 43.5 Å². The van der Waals surface area contributed by atoms with E-state index in [2.05, 4.69) is 17.4 Å². The summed E-state index contributed by atoms with van der Waals surface area (Å²) in [7, 11) is 1.89. The fourth-order valence-corrected chi connectivity index (χ4v) is 3.15. The van der Waals surface area contributed by atoms with Crippen molar-refractivity contribution in [1.29, 1.82) is 0 Å². The van der Waals surface area contributed by atoms with Crippen molar-refractivity contribution in [3.8, 4) is 0 Å². The normalized spacial score (nSPS) is 12.4. The van der Waals surface area contributed by atoms with Gasteiger partial charge < -0.3 is 5.32 Å². The van der Waals surface area contributed by atoms with Crippen LogP contribution in [0.3, 0.4) is 0 Å². The van der Waals surface area contributed by atoms with E-state index < -0.39 is 0 Å². The minimum absolute atomic E-state index is 0.0352. The van der Waals surface area contributed by atoms with Crippen LogP contribution in [0.4, 0.5) is 4.39 Å². The van der Waals surface area contributed by atoms with Gasteiger partial charge in [-0.2, -0.15) is 0 Å². The molecular formula is C16H17ClFNS. The molecular weight excluding hydrogens is 293 g/mol. The maximum absolute atomic E-state index is 13.9. The van der Waals surface area contributed by atoms with E-state index in [1.165, 1.54) is 16.5 Å². The Bertz CT molecular complexity index is 568. The SMILES string of the molecule is CNC(Cc1c(F)cccc1Cl)c1ccccc1SC. The first-order valence-electron chi connectivity index (χ1n) is 6.40. The van der Waals surface area contributed by atoms with E-state index in [0.717, 1.165) is 0 Å². The van der Waals surface area contributed by atoms with E-state index in [-0.39, 0.29) is 11.9 Å². The Morgan fingerprint density at radius 3 is 2.60 bits per heavy atom. The summed E-state index contributed by atoms with van der Waals surface area (Å²) in [6, 6.07) is 13.0. The monoisotopic (exact) mass is 309 g/mol. The summed E-state index contributed by atoms with van der Waals surface area (Å²) in [4.78, 5) is 1.19. The van der Waals surface area contributed by atoms with Crippen molar-refractivity contribution in [3.63, 3.8) is 0 Å². The van der Waals surface area contributed by atoms with Gasteiger partial charge in [-0.15, -0.1) is 11.8 Å². The lowest BCUT2D eigenvalue weighted by Crippen LogP contribution is -2.20. The van der Waals surface area contributed by atoms with Gasteiger partial charge in [0.15, 0.2) is 0 Å². The predicted molar refractivity (Wildman–Crippen MR) is 85.1 cm³/mol. The highest BCUT2D eigenvalue weighted by atomic mass is 35.5. The Morgan fingerprint density at radius 2 is 1.95 bits per heavy atom. The molecule has 2 aromatic rings. The third kappa shape index (κ3) is 3.35. The van der Waals surface area contributed by atoms with Crippen LogP contribution in [0.15, 0.2) is 47.4 Å². The number of nitrogens with one attached hydrogen (secondary N) is 1. The largest absolute Gasteiger partial charge is 0.313 e. The van der Waals surface area contributed by atoms with Crippen molar-refractivity contribution < 1.29 is 4.39 Å². The molecule has 1 N–H and O–H groups in total. The summed E-state index contributed by atoms with van der Waals surface area (Å²) < 4.78 is 13.9. The minimum atomic E-state index is -0.251. The van der Waals surface area contributed by atoms with E-state index in [9.17, 15) is 4.39 Å². The molecule has 1 nitrogen and oxygen atoms in total. The molecule has 0 aliphatic heterocycles. The molecule has 1 atom stereocenters. The van der Waals surface area contributed by atoms with Crippen molar-refractivity contribution in [2.45, 2.75) is 17.4 Å². The summed E-state index contributed by atoms with van der Waals surface area (Å²) in [5.74, 6) is -0.251. The van der Waals surface area contributed by atoms with Crippen molar-refractivity contribution >= 4 is 23.4 Å². The molecule has 0 amide bonds.